The monoisotopic (exact) mass is 320 g/mol. The van der Waals surface area contributed by atoms with Crippen LogP contribution in [0.25, 0.3) is 0 Å². The highest BCUT2D eigenvalue weighted by atomic mass is 32.1. The summed E-state index contributed by atoms with van der Waals surface area (Å²) in [5.74, 6) is 1.01. The van der Waals surface area contributed by atoms with Gasteiger partial charge in [-0.15, -0.1) is 16.4 Å². The fourth-order valence-corrected chi connectivity index (χ4v) is 3.68. The van der Waals surface area contributed by atoms with E-state index in [4.69, 9.17) is 0 Å². The lowest BCUT2D eigenvalue weighted by Crippen LogP contribution is -2.46. The van der Waals surface area contributed by atoms with E-state index in [0.29, 0.717) is 6.04 Å². The maximum Gasteiger partial charge on any atom is 0.168 e. The second-order valence-corrected chi connectivity index (χ2v) is 6.95. The number of likely N-dealkylation sites (N-methyl/N-ethyl adjacent to an activating group) is 1. The zero-order chi connectivity index (χ0) is 15.4. The third kappa shape index (κ3) is 3.53. The highest BCUT2D eigenvalue weighted by Gasteiger charge is 2.27. The molecule has 0 saturated carbocycles. The number of rotatable bonds is 6. The van der Waals surface area contributed by atoms with Crippen LogP contribution in [0.2, 0.25) is 0 Å². The quantitative estimate of drug-likeness (QED) is 0.813. The Balaban J connectivity index is 1.78. The lowest BCUT2D eigenvalue weighted by atomic mass is 10.1. The Morgan fingerprint density at radius 1 is 1.27 bits per heavy atom. The van der Waals surface area contributed by atoms with Crippen molar-refractivity contribution in [3.63, 3.8) is 0 Å². The van der Waals surface area contributed by atoms with E-state index < -0.39 is 0 Å². The smallest absolute Gasteiger partial charge is 0.168 e. The van der Waals surface area contributed by atoms with Gasteiger partial charge in [0.2, 0.25) is 0 Å². The number of aromatic nitrogens is 4. The fourth-order valence-electron chi connectivity index (χ4n) is 2.99. The molecule has 0 aromatic carbocycles. The van der Waals surface area contributed by atoms with Crippen molar-refractivity contribution in [2.75, 3.05) is 33.2 Å². The van der Waals surface area contributed by atoms with Gasteiger partial charge in [-0.3, -0.25) is 4.90 Å². The van der Waals surface area contributed by atoms with Crippen LogP contribution < -0.4 is 0 Å². The maximum absolute atomic E-state index is 4.36. The molecule has 3 rings (SSSR count). The second kappa shape index (κ2) is 7.30. The molecule has 6 nitrogen and oxygen atoms in total. The molecule has 1 fully saturated rings. The highest BCUT2D eigenvalue weighted by molar-refractivity contribution is 7.09. The lowest BCUT2D eigenvalue weighted by Gasteiger charge is -2.37. The summed E-state index contributed by atoms with van der Waals surface area (Å²) in [6.07, 6.45) is 2.25. The van der Waals surface area contributed by atoms with Gasteiger partial charge < -0.3 is 4.90 Å². The summed E-state index contributed by atoms with van der Waals surface area (Å²) in [5, 5.41) is 14.6. The molecule has 0 amide bonds. The zero-order valence-corrected chi connectivity index (χ0v) is 14.2. The summed E-state index contributed by atoms with van der Waals surface area (Å²) >= 11 is 1.75. The number of nitrogens with zero attached hydrogens (tertiary/aromatic N) is 6. The minimum absolute atomic E-state index is 0.327. The normalized spacial score (nSPS) is 18.6. The van der Waals surface area contributed by atoms with Crippen molar-refractivity contribution in [1.82, 2.24) is 30.0 Å². The van der Waals surface area contributed by atoms with E-state index in [9.17, 15) is 0 Å². The van der Waals surface area contributed by atoms with Crippen LogP contribution in [-0.4, -0.2) is 63.2 Å². The SMILES string of the molecule is CCCC(c1nnnn1Cc1cccs1)N1CCN(C)CC1. The number of thiophene rings is 1. The topological polar surface area (TPSA) is 50.1 Å². The van der Waals surface area contributed by atoms with E-state index >= 15 is 0 Å². The first-order chi connectivity index (χ1) is 10.8. The second-order valence-electron chi connectivity index (χ2n) is 5.92. The Kier molecular flexibility index (Phi) is 5.17. The van der Waals surface area contributed by atoms with Gasteiger partial charge in [0.15, 0.2) is 5.82 Å². The minimum Gasteiger partial charge on any atom is -0.304 e. The van der Waals surface area contributed by atoms with Crippen LogP contribution in [0, 0.1) is 0 Å². The van der Waals surface area contributed by atoms with Crippen LogP contribution in [0.3, 0.4) is 0 Å². The third-order valence-corrected chi connectivity index (χ3v) is 5.15. The maximum atomic E-state index is 4.36. The molecule has 0 N–H and O–H groups in total. The van der Waals surface area contributed by atoms with Crippen LogP contribution in [0.5, 0.6) is 0 Å². The molecule has 0 radical (unpaired) electrons. The zero-order valence-electron chi connectivity index (χ0n) is 13.4. The van der Waals surface area contributed by atoms with Crippen LogP contribution in [0.15, 0.2) is 17.5 Å². The van der Waals surface area contributed by atoms with E-state index in [-0.39, 0.29) is 0 Å². The molecule has 1 unspecified atom stereocenters. The number of hydrogen-bond acceptors (Lipinski definition) is 6. The van der Waals surface area contributed by atoms with Crippen LogP contribution in [0.4, 0.5) is 0 Å². The predicted octanol–water partition coefficient (Wildman–Crippen LogP) is 1.87. The average molecular weight is 320 g/mol. The average Bonchev–Trinajstić information content (AvgIpc) is 3.18. The first-order valence-electron chi connectivity index (χ1n) is 7.99. The van der Waals surface area contributed by atoms with Crippen molar-refractivity contribution >= 4 is 11.3 Å². The third-order valence-electron chi connectivity index (χ3n) is 4.28. The van der Waals surface area contributed by atoms with Gasteiger partial charge in [0, 0.05) is 31.1 Å². The summed E-state index contributed by atoms with van der Waals surface area (Å²) in [5.41, 5.74) is 0. The molecule has 0 aliphatic carbocycles. The first-order valence-corrected chi connectivity index (χ1v) is 8.87. The van der Waals surface area contributed by atoms with E-state index in [1.54, 1.807) is 11.3 Å². The molecule has 3 heterocycles. The molecule has 1 saturated heterocycles. The van der Waals surface area contributed by atoms with E-state index in [2.05, 4.69) is 56.8 Å². The molecule has 2 aromatic rings. The Morgan fingerprint density at radius 3 is 2.77 bits per heavy atom. The van der Waals surface area contributed by atoms with E-state index in [1.165, 1.54) is 4.88 Å². The van der Waals surface area contributed by atoms with Gasteiger partial charge >= 0.3 is 0 Å². The molecule has 0 spiro atoms. The number of tetrazole rings is 1. The molecule has 7 heteroatoms. The first kappa shape index (κ1) is 15.6. The molecular formula is C15H24N6S. The Hall–Kier alpha value is -1.31. The van der Waals surface area contributed by atoms with Crippen LogP contribution in [0.1, 0.15) is 36.5 Å². The lowest BCUT2D eigenvalue weighted by molar-refractivity contribution is 0.0997. The molecule has 22 heavy (non-hydrogen) atoms. The largest absolute Gasteiger partial charge is 0.304 e. The van der Waals surface area contributed by atoms with E-state index in [0.717, 1.165) is 51.4 Å². The molecule has 120 valence electrons. The summed E-state index contributed by atoms with van der Waals surface area (Å²) < 4.78 is 1.98. The Labute approximate surface area is 135 Å². The van der Waals surface area contributed by atoms with Gasteiger partial charge in [-0.05, 0) is 35.3 Å². The predicted molar refractivity (Wildman–Crippen MR) is 88.0 cm³/mol. The Morgan fingerprint density at radius 2 is 2.09 bits per heavy atom. The molecule has 2 aromatic heterocycles. The van der Waals surface area contributed by atoms with Gasteiger partial charge in [0.25, 0.3) is 0 Å². The fraction of sp³-hybridized carbons (Fsp3) is 0.667. The molecule has 1 aliphatic heterocycles. The van der Waals surface area contributed by atoms with Gasteiger partial charge in [0.1, 0.15) is 0 Å². The van der Waals surface area contributed by atoms with Gasteiger partial charge in [0.05, 0.1) is 12.6 Å². The standard InChI is InChI=1S/C15H24N6S/c1-3-5-14(20-9-7-19(2)8-10-20)15-16-17-18-21(15)12-13-6-4-11-22-13/h4,6,11,14H,3,5,7-10,12H2,1-2H3. The van der Waals surface area contributed by atoms with Crippen molar-refractivity contribution in [3.8, 4) is 0 Å². The van der Waals surface area contributed by atoms with Gasteiger partial charge in [-0.1, -0.05) is 19.4 Å². The van der Waals surface area contributed by atoms with Gasteiger partial charge in [-0.25, -0.2) is 4.68 Å². The van der Waals surface area contributed by atoms with Crippen molar-refractivity contribution in [3.05, 3.63) is 28.2 Å². The number of hydrogen-bond donors (Lipinski definition) is 0. The van der Waals surface area contributed by atoms with Crippen molar-refractivity contribution in [1.29, 1.82) is 0 Å². The van der Waals surface area contributed by atoms with Gasteiger partial charge in [-0.2, -0.15) is 0 Å². The van der Waals surface area contributed by atoms with Crippen molar-refractivity contribution in [2.24, 2.45) is 0 Å². The van der Waals surface area contributed by atoms with Crippen molar-refractivity contribution < 1.29 is 0 Å². The molecule has 0 bridgehead atoms. The summed E-state index contributed by atoms with van der Waals surface area (Å²) in [4.78, 5) is 6.22. The summed E-state index contributed by atoms with van der Waals surface area (Å²) in [6, 6.07) is 4.54. The molecular weight excluding hydrogens is 296 g/mol. The summed E-state index contributed by atoms with van der Waals surface area (Å²) in [6.45, 7) is 7.42. The molecule has 1 atom stereocenters. The highest BCUT2D eigenvalue weighted by Crippen LogP contribution is 2.25. The Bertz CT molecular complexity index is 558. The molecule has 1 aliphatic rings. The van der Waals surface area contributed by atoms with Crippen LogP contribution >= 0.6 is 11.3 Å². The number of piperazine rings is 1. The minimum atomic E-state index is 0.327. The summed E-state index contributed by atoms with van der Waals surface area (Å²) in [7, 11) is 2.19. The van der Waals surface area contributed by atoms with Crippen molar-refractivity contribution in [2.45, 2.75) is 32.4 Å². The van der Waals surface area contributed by atoms with E-state index in [1.807, 2.05) is 4.68 Å². The van der Waals surface area contributed by atoms with Crippen LogP contribution in [-0.2, 0) is 6.54 Å².